The Morgan fingerprint density at radius 1 is 1.15 bits per heavy atom. The monoisotopic (exact) mass is 482 g/mol. The average molecular weight is 483 g/mol. The lowest BCUT2D eigenvalue weighted by Crippen LogP contribution is -2.03. The van der Waals surface area contributed by atoms with Crippen LogP contribution in [0, 0.1) is 6.92 Å². The fourth-order valence-corrected chi connectivity index (χ4v) is 4.57. The van der Waals surface area contributed by atoms with Gasteiger partial charge in [0.25, 0.3) is 0 Å². The summed E-state index contributed by atoms with van der Waals surface area (Å²) in [5.74, 6) is 1.51. The van der Waals surface area contributed by atoms with Gasteiger partial charge in [0.15, 0.2) is 22.4 Å². The van der Waals surface area contributed by atoms with Gasteiger partial charge in [-0.1, -0.05) is 6.07 Å². The maximum absolute atomic E-state index is 9.81. The van der Waals surface area contributed by atoms with Crippen LogP contribution >= 0.6 is 23.1 Å². The molecular weight excluding hydrogens is 460 g/mol. The van der Waals surface area contributed by atoms with Crippen molar-refractivity contribution in [2.45, 2.75) is 30.1 Å². The van der Waals surface area contributed by atoms with Gasteiger partial charge in [0.1, 0.15) is 11.8 Å². The van der Waals surface area contributed by atoms with E-state index >= 15 is 0 Å². The van der Waals surface area contributed by atoms with Crippen molar-refractivity contribution in [3.8, 4) is 11.5 Å². The van der Waals surface area contributed by atoms with Crippen molar-refractivity contribution in [2.75, 3.05) is 11.9 Å². The van der Waals surface area contributed by atoms with E-state index in [1.807, 2.05) is 31.2 Å². The highest BCUT2D eigenvalue weighted by Gasteiger charge is 2.16. The van der Waals surface area contributed by atoms with Crippen molar-refractivity contribution < 1.29 is 14.9 Å². The van der Waals surface area contributed by atoms with Crippen molar-refractivity contribution in [3.63, 3.8) is 0 Å². The average Bonchev–Trinajstić information content (AvgIpc) is 3.31. The molecule has 0 saturated heterocycles. The number of thioether (sulfide) groups is 1. The maximum atomic E-state index is 9.81. The number of nitrogens with one attached hydrogen (secondary N) is 1. The second-order valence-electron chi connectivity index (χ2n) is 7.02. The number of ether oxygens (including phenoxy) is 1. The second kappa shape index (κ2) is 10.7. The van der Waals surface area contributed by atoms with Crippen LogP contribution < -0.4 is 10.1 Å². The molecule has 4 heterocycles. The number of nitrogens with zero attached hydrogens (tertiary/aromatic N) is 5. The van der Waals surface area contributed by atoms with Gasteiger partial charge >= 0.3 is 0 Å². The molecule has 3 N–H and O–H groups in total. The van der Waals surface area contributed by atoms with Crippen molar-refractivity contribution in [2.24, 2.45) is 0 Å². The van der Waals surface area contributed by atoms with Gasteiger partial charge in [0.05, 0.1) is 24.2 Å². The van der Waals surface area contributed by atoms with Crippen LogP contribution in [-0.2, 0) is 0 Å². The quantitative estimate of drug-likeness (QED) is 0.295. The van der Waals surface area contributed by atoms with Crippen LogP contribution in [0.15, 0.2) is 59.2 Å². The number of anilines is 2. The number of hydrogen-bond acceptors (Lipinski definition) is 11. The van der Waals surface area contributed by atoms with Crippen LogP contribution in [-0.4, -0.2) is 42.0 Å². The molecule has 0 fully saturated rings. The smallest absolute Gasteiger partial charge is 0.188 e. The lowest BCUT2D eigenvalue weighted by atomic mass is 10.3. The summed E-state index contributed by atoms with van der Waals surface area (Å²) >= 11 is 2.91. The minimum Gasteiger partial charge on any atom is -0.451 e. The zero-order valence-electron chi connectivity index (χ0n) is 17.9. The number of aliphatic hydroxyl groups excluding tert-OH is 2. The Bertz CT molecular complexity index is 1210. The number of pyridine rings is 2. The molecule has 0 aliphatic rings. The Balaban J connectivity index is 1.62. The minimum absolute atomic E-state index is 0.116. The third-order valence-electron chi connectivity index (χ3n) is 4.58. The SMILES string of the molecule is Cc1nnccc1Oc1cc(SC(C)c2ccccn2)cnc1Nc1nc(C(O)CO)cs1. The van der Waals surface area contributed by atoms with Gasteiger partial charge in [-0.25, -0.2) is 9.97 Å². The predicted octanol–water partition coefficient (Wildman–Crippen LogP) is 4.45. The van der Waals surface area contributed by atoms with Crippen LogP contribution in [0.3, 0.4) is 0 Å². The zero-order chi connectivity index (χ0) is 23.2. The summed E-state index contributed by atoms with van der Waals surface area (Å²) in [6.45, 7) is 3.50. The first-order valence-electron chi connectivity index (χ1n) is 10.1. The molecule has 0 aliphatic carbocycles. The highest BCUT2D eigenvalue weighted by atomic mass is 32.2. The second-order valence-corrected chi connectivity index (χ2v) is 9.29. The van der Waals surface area contributed by atoms with Crippen LogP contribution in [0.5, 0.6) is 11.5 Å². The highest BCUT2D eigenvalue weighted by Crippen LogP contribution is 2.39. The van der Waals surface area contributed by atoms with E-state index in [-0.39, 0.29) is 5.25 Å². The Kier molecular flexibility index (Phi) is 7.45. The van der Waals surface area contributed by atoms with Gasteiger partial charge in [-0.15, -0.1) is 23.1 Å². The van der Waals surface area contributed by atoms with Crippen molar-refractivity contribution >= 4 is 34.0 Å². The van der Waals surface area contributed by atoms with Crippen LogP contribution in [0.2, 0.25) is 0 Å². The first-order valence-corrected chi connectivity index (χ1v) is 11.8. The van der Waals surface area contributed by atoms with E-state index in [4.69, 9.17) is 9.84 Å². The van der Waals surface area contributed by atoms with Gasteiger partial charge in [-0.2, -0.15) is 10.2 Å². The summed E-state index contributed by atoms with van der Waals surface area (Å²) in [5.41, 5.74) is 2.00. The standard InChI is InChI=1S/C22H22N6O3S2/c1-13-19(6-8-25-28-13)31-20-9-15(33-14(2)16-5-3-4-7-23-16)10-24-21(20)27-22-26-17(12-32-22)18(30)11-29/h3-10,12,14,18,29-30H,11H2,1-2H3,(H,24,26,27). The van der Waals surface area contributed by atoms with E-state index in [1.54, 1.807) is 41.8 Å². The number of aliphatic hydroxyl groups is 2. The van der Waals surface area contributed by atoms with Gasteiger partial charge in [0, 0.05) is 34.0 Å². The summed E-state index contributed by atoms with van der Waals surface area (Å²) in [5, 5.41) is 32.3. The van der Waals surface area contributed by atoms with Crippen LogP contribution in [0.4, 0.5) is 10.9 Å². The molecule has 170 valence electrons. The van der Waals surface area contributed by atoms with E-state index < -0.39 is 12.7 Å². The van der Waals surface area contributed by atoms with Crippen LogP contribution in [0.1, 0.15) is 35.4 Å². The largest absolute Gasteiger partial charge is 0.451 e. The van der Waals surface area contributed by atoms with E-state index in [1.165, 1.54) is 11.3 Å². The molecule has 0 bridgehead atoms. The first kappa shape index (κ1) is 23.1. The normalized spacial score (nSPS) is 12.8. The van der Waals surface area contributed by atoms with E-state index in [9.17, 15) is 5.11 Å². The Hall–Kier alpha value is -3.12. The number of rotatable bonds is 9. The fourth-order valence-electron chi connectivity index (χ4n) is 2.85. The first-order chi connectivity index (χ1) is 16.0. The zero-order valence-corrected chi connectivity index (χ0v) is 19.5. The van der Waals surface area contributed by atoms with Gasteiger partial charge < -0.3 is 20.3 Å². The summed E-state index contributed by atoms with van der Waals surface area (Å²) in [4.78, 5) is 14.2. The summed E-state index contributed by atoms with van der Waals surface area (Å²) in [6.07, 6.45) is 4.07. The molecule has 0 saturated carbocycles. The van der Waals surface area contributed by atoms with Crippen molar-refractivity contribution in [1.29, 1.82) is 0 Å². The third-order valence-corrected chi connectivity index (χ3v) is 6.45. The molecule has 11 heteroatoms. The summed E-state index contributed by atoms with van der Waals surface area (Å²) in [6, 6.07) is 9.49. The molecule has 0 aliphatic heterocycles. The number of thiazole rings is 1. The fraction of sp³-hybridized carbons (Fsp3) is 0.227. The molecule has 0 aromatic carbocycles. The Morgan fingerprint density at radius 3 is 2.79 bits per heavy atom. The van der Waals surface area contributed by atoms with E-state index in [0.29, 0.717) is 33.8 Å². The summed E-state index contributed by atoms with van der Waals surface area (Å²) in [7, 11) is 0. The lowest BCUT2D eigenvalue weighted by Gasteiger charge is -2.15. The number of hydrogen-bond donors (Lipinski definition) is 3. The topological polar surface area (TPSA) is 126 Å². The molecule has 2 unspecified atom stereocenters. The summed E-state index contributed by atoms with van der Waals surface area (Å²) < 4.78 is 6.15. The molecule has 0 radical (unpaired) electrons. The highest BCUT2D eigenvalue weighted by molar-refractivity contribution is 7.99. The van der Waals surface area contributed by atoms with Crippen molar-refractivity contribution in [1.82, 2.24) is 25.1 Å². The molecule has 0 amide bonds. The molecule has 0 spiro atoms. The molecule has 4 rings (SSSR count). The van der Waals surface area contributed by atoms with Gasteiger partial charge in [-0.05, 0) is 32.0 Å². The predicted molar refractivity (Wildman–Crippen MR) is 127 cm³/mol. The maximum Gasteiger partial charge on any atom is 0.188 e. The van der Waals surface area contributed by atoms with Crippen LogP contribution in [0.25, 0.3) is 0 Å². The lowest BCUT2D eigenvalue weighted by molar-refractivity contribution is 0.0928. The number of aromatic nitrogens is 5. The van der Waals surface area contributed by atoms with E-state index in [2.05, 4.69) is 37.4 Å². The van der Waals surface area contributed by atoms with Crippen molar-refractivity contribution in [3.05, 3.63) is 71.4 Å². The Labute approximate surface area is 199 Å². The molecule has 2 atom stereocenters. The molecule has 33 heavy (non-hydrogen) atoms. The molecular formula is C22H22N6O3S2. The van der Waals surface area contributed by atoms with Gasteiger partial charge in [-0.3, -0.25) is 4.98 Å². The van der Waals surface area contributed by atoms with Gasteiger partial charge in [0.2, 0.25) is 0 Å². The Morgan fingerprint density at radius 2 is 2.03 bits per heavy atom. The third kappa shape index (κ3) is 5.82. The number of aryl methyl sites for hydroxylation is 1. The molecule has 4 aromatic rings. The minimum atomic E-state index is -1.03. The molecule has 9 nitrogen and oxygen atoms in total. The molecule has 4 aromatic heterocycles. The van der Waals surface area contributed by atoms with E-state index in [0.717, 1.165) is 10.6 Å².